The van der Waals surface area contributed by atoms with Crippen LogP contribution in [0.5, 0.6) is 0 Å². The van der Waals surface area contributed by atoms with E-state index in [4.69, 9.17) is 10.5 Å². The Morgan fingerprint density at radius 3 is 2.63 bits per heavy atom. The van der Waals surface area contributed by atoms with Gasteiger partial charge in [-0.25, -0.2) is 4.98 Å². The van der Waals surface area contributed by atoms with Gasteiger partial charge in [0.25, 0.3) is 0 Å². The number of nitriles is 3. The van der Waals surface area contributed by atoms with Crippen LogP contribution in [0.3, 0.4) is 0 Å². The van der Waals surface area contributed by atoms with Gasteiger partial charge in [-0.2, -0.15) is 15.8 Å². The van der Waals surface area contributed by atoms with Gasteiger partial charge in [0.2, 0.25) is 5.91 Å². The number of fused-ring (bicyclic) bond motifs is 3. The van der Waals surface area contributed by atoms with Crippen molar-refractivity contribution in [1.82, 2.24) is 4.98 Å². The molecule has 2 N–H and O–H groups in total. The normalized spacial score (nSPS) is 18.5. The standard InChI is InChI=1S/C20H12N6O/c21-9-14(10-22)17(11-23)25-15-4-3-12-7-20(8-13(12)6-15)16-2-1-5-24-18(16)26-19(20)27/h1-6,25H,7-8H2,(H,24,26,27). The number of hydrogen-bond acceptors (Lipinski definition) is 6. The van der Waals surface area contributed by atoms with Gasteiger partial charge in [-0.1, -0.05) is 12.1 Å². The minimum absolute atomic E-state index is 0.0595. The predicted molar refractivity (Wildman–Crippen MR) is 95.9 cm³/mol. The molecule has 1 spiro atoms. The van der Waals surface area contributed by atoms with E-state index in [1.165, 1.54) is 0 Å². The minimum Gasteiger partial charge on any atom is -0.345 e. The lowest BCUT2D eigenvalue weighted by atomic mass is 9.79. The Bertz CT molecular complexity index is 1130. The molecule has 2 aromatic rings. The van der Waals surface area contributed by atoms with Crippen LogP contribution in [0, 0.1) is 34.0 Å². The molecule has 1 aliphatic carbocycles. The van der Waals surface area contributed by atoms with Crippen molar-refractivity contribution in [2.24, 2.45) is 0 Å². The number of aromatic nitrogens is 1. The number of rotatable bonds is 2. The first kappa shape index (κ1) is 16.3. The lowest BCUT2D eigenvalue weighted by molar-refractivity contribution is -0.120. The fourth-order valence-corrected chi connectivity index (χ4v) is 3.77. The highest BCUT2D eigenvalue weighted by atomic mass is 16.2. The smallest absolute Gasteiger partial charge is 0.237 e. The Hall–Kier alpha value is -4.15. The van der Waals surface area contributed by atoms with Crippen molar-refractivity contribution in [3.63, 3.8) is 0 Å². The quantitative estimate of drug-likeness (QED) is 0.799. The van der Waals surface area contributed by atoms with Crippen molar-refractivity contribution >= 4 is 17.4 Å². The molecule has 0 saturated heterocycles. The lowest BCUT2D eigenvalue weighted by Gasteiger charge is -2.20. The highest BCUT2D eigenvalue weighted by molar-refractivity contribution is 6.06. The largest absolute Gasteiger partial charge is 0.345 e. The zero-order chi connectivity index (χ0) is 19.0. The van der Waals surface area contributed by atoms with Crippen LogP contribution in [0.25, 0.3) is 0 Å². The lowest BCUT2D eigenvalue weighted by Crippen LogP contribution is -2.35. The van der Waals surface area contributed by atoms with E-state index in [2.05, 4.69) is 15.6 Å². The van der Waals surface area contributed by atoms with Gasteiger partial charge >= 0.3 is 0 Å². The van der Waals surface area contributed by atoms with Gasteiger partial charge in [0, 0.05) is 17.4 Å². The van der Waals surface area contributed by atoms with E-state index in [-0.39, 0.29) is 17.2 Å². The fourth-order valence-electron chi connectivity index (χ4n) is 3.77. The average molecular weight is 352 g/mol. The van der Waals surface area contributed by atoms with E-state index in [0.29, 0.717) is 24.3 Å². The molecule has 2 heterocycles. The van der Waals surface area contributed by atoms with Crippen LogP contribution in [0.15, 0.2) is 47.8 Å². The summed E-state index contributed by atoms with van der Waals surface area (Å²) in [6, 6.07) is 14.5. The summed E-state index contributed by atoms with van der Waals surface area (Å²) >= 11 is 0. The first-order valence-corrected chi connectivity index (χ1v) is 8.21. The van der Waals surface area contributed by atoms with Crippen LogP contribution >= 0.6 is 0 Å². The summed E-state index contributed by atoms with van der Waals surface area (Å²) in [5.41, 5.74) is 2.49. The molecule has 1 atom stereocenters. The highest BCUT2D eigenvalue weighted by Crippen LogP contribution is 2.46. The number of carbonyl (C=O) groups excluding carboxylic acids is 1. The minimum atomic E-state index is -0.664. The number of carbonyl (C=O) groups is 1. The van der Waals surface area contributed by atoms with Gasteiger partial charge in [0.15, 0.2) is 5.57 Å². The molecule has 2 aliphatic rings. The van der Waals surface area contributed by atoms with Crippen LogP contribution in [0.1, 0.15) is 16.7 Å². The van der Waals surface area contributed by atoms with Gasteiger partial charge in [-0.15, -0.1) is 0 Å². The Labute approximate surface area is 155 Å². The van der Waals surface area contributed by atoms with Crippen LogP contribution in [-0.2, 0) is 23.1 Å². The molecule has 1 aliphatic heterocycles. The van der Waals surface area contributed by atoms with E-state index in [1.807, 2.05) is 30.3 Å². The summed E-state index contributed by atoms with van der Waals surface area (Å²) in [5, 5.41) is 32.8. The first-order valence-electron chi connectivity index (χ1n) is 8.21. The molecule has 128 valence electrons. The van der Waals surface area contributed by atoms with Crippen LogP contribution < -0.4 is 10.6 Å². The molecular formula is C20H12N6O. The molecule has 0 saturated carbocycles. The molecular weight excluding hydrogens is 340 g/mol. The Kier molecular flexibility index (Phi) is 3.62. The predicted octanol–water partition coefficient (Wildman–Crippen LogP) is 2.31. The second-order valence-electron chi connectivity index (χ2n) is 6.48. The number of allylic oxidation sites excluding steroid dienone is 2. The summed E-state index contributed by atoms with van der Waals surface area (Å²) in [4.78, 5) is 17.0. The third-order valence-corrected chi connectivity index (χ3v) is 5.04. The summed E-state index contributed by atoms with van der Waals surface area (Å²) < 4.78 is 0. The molecule has 1 aromatic heterocycles. The zero-order valence-corrected chi connectivity index (χ0v) is 14.1. The molecule has 4 rings (SSSR count). The van der Waals surface area contributed by atoms with Crippen molar-refractivity contribution < 1.29 is 4.79 Å². The molecule has 27 heavy (non-hydrogen) atoms. The van der Waals surface area contributed by atoms with Gasteiger partial charge in [0.05, 0.1) is 5.41 Å². The number of amides is 1. The van der Waals surface area contributed by atoms with Crippen molar-refractivity contribution in [3.8, 4) is 18.2 Å². The van der Waals surface area contributed by atoms with E-state index < -0.39 is 5.41 Å². The van der Waals surface area contributed by atoms with Crippen LogP contribution in [0.2, 0.25) is 0 Å². The Balaban J connectivity index is 1.69. The second-order valence-corrected chi connectivity index (χ2v) is 6.48. The van der Waals surface area contributed by atoms with Gasteiger partial charge < -0.3 is 10.6 Å². The van der Waals surface area contributed by atoms with E-state index in [1.54, 1.807) is 24.4 Å². The number of anilines is 2. The Morgan fingerprint density at radius 2 is 1.89 bits per heavy atom. The molecule has 1 amide bonds. The highest BCUT2D eigenvalue weighted by Gasteiger charge is 2.51. The van der Waals surface area contributed by atoms with Crippen LogP contribution in [-0.4, -0.2) is 10.9 Å². The molecule has 0 bridgehead atoms. The fraction of sp³-hybridized carbons (Fsp3) is 0.150. The number of nitrogens with zero attached hydrogens (tertiary/aromatic N) is 4. The zero-order valence-electron chi connectivity index (χ0n) is 14.1. The summed E-state index contributed by atoms with van der Waals surface area (Å²) in [6.45, 7) is 0. The maximum absolute atomic E-state index is 12.7. The second kappa shape index (κ2) is 5.98. The summed E-state index contributed by atoms with van der Waals surface area (Å²) in [7, 11) is 0. The molecule has 7 heteroatoms. The Morgan fingerprint density at radius 1 is 1.11 bits per heavy atom. The molecule has 0 radical (unpaired) electrons. The molecule has 1 aromatic carbocycles. The van der Waals surface area contributed by atoms with Crippen molar-refractivity contribution in [2.45, 2.75) is 18.3 Å². The monoisotopic (exact) mass is 352 g/mol. The van der Waals surface area contributed by atoms with Gasteiger partial charge in [0.1, 0.15) is 29.7 Å². The maximum atomic E-state index is 12.7. The van der Waals surface area contributed by atoms with E-state index in [0.717, 1.165) is 16.7 Å². The molecule has 1 unspecified atom stereocenters. The third kappa shape index (κ3) is 2.40. The molecule has 7 nitrogen and oxygen atoms in total. The number of pyridine rings is 1. The summed E-state index contributed by atoms with van der Waals surface area (Å²) in [5.74, 6) is 0.548. The number of hydrogen-bond donors (Lipinski definition) is 2. The van der Waals surface area contributed by atoms with E-state index >= 15 is 0 Å². The van der Waals surface area contributed by atoms with Gasteiger partial charge in [-0.3, -0.25) is 4.79 Å². The topological polar surface area (TPSA) is 125 Å². The number of benzene rings is 1. The summed E-state index contributed by atoms with van der Waals surface area (Å²) in [6.07, 6.45) is 2.76. The number of nitrogens with one attached hydrogen (secondary N) is 2. The van der Waals surface area contributed by atoms with Crippen molar-refractivity contribution in [2.75, 3.05) is 10.6 Å². The SMILES string of the molecule is N#CC(C#N)=C(C#N)Nc1ccc2c(c1)CC1(C2)C(=O)Nc2ncccc21. The van der Waals surface area contributed by atoms with Crippen molar-refractivity contribution in [3.05, 3.63) is 64.5 Å². The van der Waals surface area contributed by atoms with Gasteiger partial charge in [-0.05, 0) is 42.2 Å². The average Bonchev–Trinajstić information content (AvgIpc) is 3.20. The first-order chi connectivity index (χ1) is 13.1. The maximum Gasteiger partial charge on any atom is 0.237 e. The van der Waals surface area contributed by atoms with E-state index in [9.17, 15) is 10.1 Å². The third-order valence-electron chi connectivity index (χ3n) is 5.04. The van der Waals surface area contributed by atoms with Crippen LogP contribution in [0.4, 0.5) is 11.5 Å². The molecule has 0 fully saturated rings. The van der Waals surface area contributed by atoms with Crippen molar-refractivity contribution in [1.29, 1.82) is 15.8 Å².